The highest BCUT2D eigenvalue weighted by atomic mass is 16.5. The Morgan fingerprint density at radius 2 is 1.96 bits per heavy atom. The van der Waals surface area contributed by atoms with E-state index in [1.807, 2.05) is 0 Å². The molecule has 5 heteroatoms. The fraction of sp³-hybridized carbons (Fsp3) is 0.947. The van der Waals surface area contributed by atoms with Crippen LogP contribution in [0.4, 0.5) is 0 Å². The van der Waals surface area contributed by atoms with E-state index in [0.717, 1.165) is 71.3 Å². The number of rotatable bonds is 7. The maximum Gasteiger partial charge on any atom is 0.194 e. The number of nitrogens with zero attached hydrogens (tertiary/aromatic N) is 2. The van der Waals surface area contributed by atoms with Crippen LogP contribution in [0.3, 0.4) is 0 Å². The summed E-state index contributed by atoms with van der Waals surface area (Å²) in [6.07, 6.45) is 3.26. The van der Waals surface area contributed by atoms with Gasteiger partial charge in [-0.05, 0) is 46.0 Å². The first-order valence-electron chi connectivity index (χ1n) is 9.60. The monoisotopic (exact) mass is 339 g/mol. The summed E-state index contributed by atoms with van der Waals surface area (Å²) in [4.78, 5) is 7.21. The summed E-state index contributed by atoms with van der Waals surface area (Å²) in [7, 11) is 0. The van der Waals surface area contributed by atoms with E-state index in [2.05, 4.69) is 44.8 Å². The summed E-state index contributed by atoms with van der Waals surface area (Å²) in [6, 6.07) is 0. The minimum Gasteiger partial charge on any atom is -0.381 e. The summed E-state index contributed by atoms with van der Waals surface area (Å²) < 4.78 is 11.2. The molecule has 0 amide bonds. The molecule has 2 rings (SSSR count). The number of likely N-dealkylation sites (tertiary alicyclic amines) is 1. The van der Waals surface area contributed by atoms with Crippen molar-refractivity contribution in [3.63, 3.8) is 0 Å². The zero-order valence-corrected chi connectivity index (χ0v) is 16.4. The predicted molar refractivity (Wildman–Crippen MR) is 99.5 cm³/mol. The van der Waals surface area contributed by atoms with Gasteiger partial charge in [-0.15, -0.1) is 0 Å². The Balaban J connectivity index is 1.70. The highest BCUT2D eigenvalue weighted by molar-refractivity contribution is 5.82. The van der Waals surface area contributed by atoms with Crippen LogP contribution in [-0.4, -0.2) is 62.5 Å². The molecule has 0 aromatic carbocycles. The quantitative estimate of drug-likeness (QED) is 0.440. The summed E-state index contributed by atoms with van der Waals surface area (Å²) in [5.41, 5.74) is 0.476. The van der Waals surface area contributed by atoms with Crippen molar-refractivity contribution < 1.29 is 9.47 Å². The van der Waals surface area contributed by atoms with Gasteiger partial charge in [0.25, 0.3) is 0 Å². The van der Waals surface area contributed by atoms with Gasteiger partial charge in [0.2, 0.25) is 0 Å². The molecule has 5 nitrogen and oxygen atoms in total. The Bertz CT molecular complexity index is 415. The minimum absolute atomic E-state index is 0.146. The Kier molecular flexibility index (Phi) is 6.93. The van der Waals surface area contributed by atoms with Crippen molar-refractivity contribution >= 4 is 5.96 Å². The lowest BCUT2D eigenvalue weighted by molar-refractivity contribution is -0.0667. The van der Waals surface area contributed by atoms with Crippen LogP contribution in [-0.2, 0) is 9.47 Å². The summed E-state index contributed by atoms with van der Waals surface area (Å²) in [5, 5.41) is 3.44. The molecule has 0 spiro atoms. The lowest BCUT2D eigenvalue weighted by Gasteiger charge is -2.62. The van der Waals surface area contributed by atoms with Gasteiger partial charge < -0.3 is 19.7 Å². The van der Waals surface area contributed by atoms with Crippen molar-refractivity contribution in [2.24, 2.45) is 16.3 Å². The third-order valence-corrected chi connectivity index (χ3v) is 5.88. The Morgan fingerprint density at radius 1 is 1.25 bits per heavy atom. The normalized spacial score (nSPS) is 23.9. The molecule has 0 saturated carbocycles. The highest BCUT2D eigenvalue weighted by Crippen LogP contribution is 2.46. The largest absolute Gasteiger partial charge is 0.381 e. The van der Waals surface area contributed by atoms with E-state index in [4.69, 9.17) is 14.5 Å². The van der Waals surface area contributed by atoms with Gasteiger partial charge in [0.1, 0.15) is 0 Å². The van der Waals surface area contributed by atoms with E-state index in [9.17, 15) is 0 Å². The van der Waals surface area contributed by atoms with Gasteiger partial charge in [-0.3, -0.25) is 4.99 Å². The summed E-state index contributed by atoms with van der Waals surface area (Å²) in [5.74, 6) is 1.73. The minimum atomic E-state index is 0.146. The van der Waals surface area contributed by atoms with Crippen molar-refractivity contribution in [1.82, 2.24) is 10.2 Å². The molecule has 0 radical (unpaired) electrons. The average Bonchev–Trinajstić information content (AvgIpc) is 2.56. The van der Waals surface area contributed by atoms with E-state index >= 15 is 0 Å². The molecule has 2 aliphatic heterocycles. The third kappa shape index (κ3) is 4.63. The molecule has 0 aliphatic carbocycles. The van der Waals surface area contributed by atoms with Crippen molar-refractivity contribution in [3.8, 4) is 0 Å². The number of ether oxygens (including phenoxy) is 2. The first-order chi connectivity index (χ1) is 11.4. The van der Waals surface area contributed by atoms with Gasteiger partial charge in [0.05, 0.1) is 0 Å². The van der Waals surface area contributed by atoms with Crippen LogP contribution >= 0.6 is 0 Å². The molecule has 0 atom stereocenters. The van der Waals surface area contributed by atoms with Crippen LogP contribution in [0, 0.1) is 11.3 Å². The van der Waals surface area contributed by atoms with Crippen LogP contribution < -0.4 is 5.32 Å². The fourth-order valence-corrected chi connectivity index (χ4v) is 3.31. The molecule has 0 bridgehead atoms. The van der Waals surface area contributed by atoms with Crippen LogP contribution in [0.2, 0.25) is 0 Å². The lowest BCUT2D eigenvalue weighted by Crippen LogP contribution is -2.72. The number of nitrogens with one attached hydrogen (secondary N) is 1. The number of hydrogen-bond acceptors (Lipinski definition) is 3. The Labute approximate surface area is 148 Å². The third-order valence-electron chi connectivity index (χ3n) is 5.88. The standard InChI is InChI=1S/C19H37N3O2/c1-6-20-17(22-15-18(2,3)19(22,4)5)21-10-7-11-24-14-16-8-12-23-13-9-16/h16H,6-15H2,1-5H3,(H,20,21). The topological polar surface area (TPSA) is 46.1 Å². The van der Waals surface area contributed by atoms with Crippen LogP contribution in [0.5, 0.6) is 0 Å². The van der Waals surface area contributed by atoms with Crippen molar-refractivity contribution in [1.29, 1.82) is 0 Å². The fourth-order valence-electron chi connectivity index (χ4n) is 3.31. The van der Waals surface area contributed by atoms with E-state index < -0.39 is 0 Å². The van der Waals surface area contributed by atoms with E-state index in [1.54, 1.807) is 0 Å². The molecule has 1 N–H and O–H groups in total. The molecule has 24 heavy (non-hydrogen) atoms. The van der Waals surface area contributed by atoms with Crippen molar-refractivity contribution in [2.45, 2.75) is 59.4 Å². The second-order valence-electron chi connectivity index (χ2n) is 8.25. The zero-order chi connectivity index (χ0) is 17.6. The molecule has 0 aromatic heterocycles. The molecule has 2 heterocycles. The van der Waals surface area contributed by atoms with Crippen LogP contribution in [0.1, 0.15) is 53.9 Å². The van der Waals surface area contributed by atoms with Gasteiger partial charge in [0.15, 0.2) is 5.96 Å². The first kappa shape index (κ1) is 19.5. The van der Waals surface area contributed by atoms with E-state index in [-0.39, 0.29) is 5.54 Å². The Morgan fingerprint density at radius 3 is 2.54 bits per heavy atom. The second kappa shape index (κ2) is 8.52. The van der Waals surface area contributed by atoms with Gasteiger partial charge in [0, 0.05) is 57.0 Å². The Hall–Kier alpha value is -0.810. The lowest BCUT2D eigenvalue weighted by atomic mass is 9.65. The van der Waals surface area contributed by atoms with E-state index in [1.165, 1.54) is 0 Å². The maximum absolute atomic E-state index is 5.83. The number of aliphatic imine (C=N–C) groups is 1. The van der Waals surface area contributed by atoms with Crippen molar-refractivity contribution in [3.05, 3.63) is 0 Å². The smallest absolute Gasteiger partial charge is 0.194 e. The molecule has 0 aromatic rings. The van der Waals surface area contributed by atoms with E-state index in [0.29, 0.717) is 11.3 Å². The highest BCUT2D eigenvalue weighted by Gasteiger charge is 2.53. The zero-order valence-electron chi connectivity index (χ0n) is 16.4. The second-order valence-corrected chi connectivity index (χ2v) is 8.25. The first-order valence-corrected chi connectivity index (χ1v) is 9.60. The van der Waals surface area contributed by atoms with Crippen LogP contribution in [0.15, 0.2) is 4.99 Å². The molecule has 2 aliphatic rings. The van der Waals surface area contributed by atoms with Gasteiger partial charge in [-0.25, -0.2) is 0 Å². The summed E-state index contributed by atoms with van der Waals surface area (Å²) >= 11 is 0. The molecular weight excluding hydrogens is 302 g/mol. The maximum atomic E-state index is 5.83. The van der Waals surface area contributed by atoms with Gasteiger partial charge in [-0.2, -0.15) is 0 Å². The van der Waals surface area contributed by atoms with Gasteiger partial charge >= 0.3 is 0 Å². The molecular formula is C19H37N3O2. The summed E-state index contributed by atoms with van der Waals surface area (Å²) in [6.45, 7) is 17.7. The predicted octanol–water partition coefficient (Wildman–Crippen LogP) is 2.91. The van der Waals surface area contributed by atoms with Crippen molar-refractivity contribution in [2.75, 3.05) is 46.1 Å². The van der Waals surface area contributed by atoms with Crippen LogP contribution in [0.25, 0.3) is 0 Å². The average molecular weight is 340 g/mol. The SMILES string of the molecule is CCNC(=NCCCOCC1CCOCC1)N1CC(C)(C)C1(C)C. The number of guanidine groups is 1. The molecule has 2 saturated heterocycles. The van der Waals surface area contributed by atoms with Gasteiger partial charge in [-0.1, -0.05) is 13.8 Å². The molecule has 2 fully saturated rings. The molecule has 0 unspecified atom stereocenters. The molecule has 140 valence electrons. The number of hydrogen-bond donors (Lipinski definition) is 1.